The maximum Gasteiger partial charge on any atom is 0.338 e. The van der Waals surface area contributed by atoms with Crippen molar-refractivity contribution in [3.8, 4) is 0 Å². The summed E-state index contributed by atoms with van der Waals surface area (Å²) < 4.78 is 9.90. The van der Waals surface area contributed by atoms with Crippen molar-refractivity contribution in [3.63, 3.8) is 0 Å². The van der Waals surface area contributed by atoms with E-state index < -0.39 is 5.97 Å². The number of aryl methyl sites for hydroxylation is 1. The zero-order chi connectivity index (χ0) is 15.0. The number of carbonyl (C=O) groups is 2. The molecule has 0 fully saturated rings. The number of hydrogen-bond donors (Lipinski definition) is 0. The van der Waals surface area contributed by atoms with Gasteiger partial charge in [0.25, 0.3) is 0 Å². The number of rotatable bonds is 7. The van der Waals surface area contributed by atoms with Crippen molar-refractivity contribution in [1.29, 1.82) is 0 Å². The van der Waals surface area contributed by atoms with Crippen molar-refractivity contribution >= 4 is 23.5 Å². The van der Waals surface area contributed by atoms with E-state index in [0.717, 1.165) is 11.1 Å². The Bertz CT molecular complexity index is 471. The Hall–Kier alpha value is -1.55. The Balaban J connectivity index is 2.88. The van der Waals surface area contributed by atoms with Crippen LogP contribution in [0.3, 0.4) is 0 Å². The molecular formula is C15H19ClO4. The first-order valence-electron chi connectivity index (χ1n) is 6.62. The van der Waals surface area contributed by atoms with Gasteiger partial charge in [-0.3, -0.25) is 4.79 Å². The Labute approximate surface area is 124 Å². The molecule has 1 rings (SSSR count). The van der Waals surface area contributed by atoms with Crippen molar-refractivity contribution in [3.05, 3.63) is 34.9 Å². The van der Waals surface area contributed by atoms with Gasteiger partial charge in [-0.15, -0.1) is 11.6 Å². The van der Waals surface area contributed by atoms with Crippen LogP contribution in [0.2, 0.25) is 0 Å². The molecule has 20 heavy (non-hydrogen) atoms. The minimum absolute atomic E-state index is 0.237. The van der Waals surface area contributed by atoms with E-state index in [9.17, 15) is 9.59 Å². The van der Waals surface area contributed by atoms with Crippen LogP contribution in [0.25, 0.3) is 0 Å². The monoisotopic (exact) mass is 298 g/mol. The lowest BCUT2D eigenvalue weighted by molar-refractivity contribution is -0.143. The quantitative estimate of drug-likeness (QED) is 0.573. The van der Waals surface area contributed by atoms with Gasteiger partial charge in [-0.2, -0.15) is 0 Å². The SMILES string of the molecule is CCOC(=O)CCc1ccc(CCl)cc1C(=O)OCC. The summed E-state index contributed by atoms with van der Waals surface area (Å²) in [7, 11) is 0. The molecule has 1 aromatic rings. The van der Waals surface area contributed by atoms with E-state index in [1.807, 2.05) is 12.1 Å². The van der Waals surface area contributed by atoms with Crippen LogP contribution < -0.4 is 0 Å². The summed E-state index contributed by atoms with van der Waals surface area (Å²) in [5, 5.41) is 0. The highest BCUT2D eigenvalue weighted by atomic mass is 35.5. The summed E-state index contributed by atoms with van der Waals surface area (Å²) in [5.41, 5.74) is 2.08. The molecule has 4 nitrogen and oxygen atoms in total. The third-order valence-electron chi connectivity index (χ3n) is 2.73. The molecule has 0 radical (unpaired) electrons. The number of esters is 2. The van der Waals surface area contributed by atoms with Crippen molar-refractivity contribution < 1.29 is 19.1 Å². The predicted molar refractivity (Wildman–Crippen MR) is 76.9 cm³/mol. The lowest BCUT2D eigenvalue weighted by Crippen LogP contribution is -2.11. The fourth-order valence-corrected chi connectivity index (χ4v) is 1.96. The second-order valence-corrected chi connectivity index (χ2v) is 4.42. The molecule has 0 aliphatic carbocycles. The topological polar surface area (TPSA) is 52.6 Å². The average Bonchev–Trinajstić information content (AvgIpc) is 2.45. The van der Waals surface area contributed by atoms with Crippen LogP contribution in [0.4, 0.5) is 0 Å². The molecule has 0 spiro atoms. The van der Waals surface area contributed by atoms with Gasteiger partial charge in [0.05, 0.1) is 18.8 Å². The van der Waals surface area contributed by atoms with E-state index in [1.54, 1.807) is 19.9 Å². The van der Waals surface area contributed by atoms with E-state index in [2.05, 4.69) is 0 Å². The number of alkyl halides is 1. The fraction of sp³-hybridized carbons (Fsp3) is 0.467. The number of ether oxygens (including phenoxy) is 2. The van der Waals surface area contributed by atoms with Crippen LogP contribution in [0.1, 0.15) is 41.8 Å². The Morgan fingerprint density at radius 3 is 2.45 bits per heavy atom. The minimum Gasteiger partial charge on any atom is -0.466 e. The first-order valence-corrected chi connectivity index (χ1v) is 7.16. The molecule has 0 saturated carbocycles. The first-order chi connectivity index (χ1) is 9.62. The molecule has 0 aromatic heterocycles. The summed E-state index contributed by atoms with van der Waals surface area (Å²) >= 11 is 5.78. The highest BCUT2D eigenvalue weighted by Crippen LogP contribution is 2.17. The van der Waals surface area contributed by atoms with Crippen molar-refractivity contribution in [2.24, 2.45) is 0 Å². The van der Waals surface area contributed by atoms with Crippen molar-refractivity contribution in [2.75, 3.05) is 13.2 Å². The van der Waals surface area contributed by atoms with Gasteiger partial charge in [0.2, 0.25) is 0 Å². The van der Waals surface area contributed by atoms with Crippen LogP contribution >= 0.6 is 11.6 Å². The first kappa shape index (κ1) is 16.5. The highest BCUT2D eigenvalue weighted by Gasteiger charge is 2.14. The van der Waals surface area contributed by atoms with Crippen LogP contribution in [0.15, 0.2) is 18.2 Å². The number of hydrogen-bond acceptors (Lipinski definition) is 4. The molecule has 5 heteroatoms. The number of benzene rings is 1. The molecule has 0 unspecified atom stereocenters. The second-order valence-electron chi connectivity index (χ2n) is 4.15. The van der Waals surface area contributed by atoms with Crippen molar-refractivity contribution in [2.45, 2.75) is 32.6 Å². The zero-order valence-corrected chi connectivity index (χ0v) is 12.5. The number of carbonyl (C=O) groups excluding carboxylic acids is 2. The smallest absolute Gasteiger partial charge is 0.338 e. The summed E-state index contributed by atoms with van der Waals surface area (Å²) in [6.07, 6.45) is 0.677. The molecule has 0 bridgehead atoms. The van der Waals surface area contributed by atoms with Gasteiger partial charge in [0, 0.05) is 12.3 Å². The largest absolute Gasteiger partial charge is 0.466 e. The Kier molecular flexibility index (Phi) is 7.09. The molecule has 0 atom stereocenters. The molecular weight excluding hydrogens is 280 g/mol. The lowest BCUT2D eigenvalue weighted by atomic mass is 10.0. The summed E-state index contributed by atoms with van der Waals surface area (Å²) in [5.74, 6) is -0.341. The molecule has 1 aromatic carbocycles. The fourth-order valence-electron chi connectivity index (χ4n) is 1.79. The van der Waals surface area contributed by atoms with Gasteiger partial charge < -0.3 is 9.47 Å². The molecule has 0 aliphatic heterocycles. The Morgan fingerprint density at radius 2 is 1.85 bits per heavy atom. The average molecular weight is 299 g/mol. The van der Waals surface area contributed by atoms with Gasteiger partial charge in [-0.05, 0) is 37.5 Å². The predicted octanol–water partition coefficient (Wildman–Crippen LogP) is 3.10. The van der Waals surface area contributed by atoms with Gasteiger partial charge >= 0.3 is 11.9 Å². The molecule has 0 amide bonds. The van der Waals surface area contributed by atoms with Crippen LogP contribution in [-0.2, 0) is 26.6 Å². The van der Waals surface area contributed by atoms with Gasteiger partial charge in [-0.1, -0.05) is 12.1 Å². The van der Waals surface area contributed by atoms with Gasteiger partial charge in [0.1, 0.15) is 0 Å². The maximum absolute atomic E-state index is 11.9. The lowest BCUT2D eigenvalue weighted by Gasteiger charge is -2.10. The summed E-state index contributed by atoms with van der Waals surface area (Å²) in [4.78, 5) is 23.3. The number of halogens is 1. The molecule has 0 aliphatic rings. The summed E-state index contributed by atoms with van der Waals surface area (Å²) in [6, 6.07) is 5.37. The third-order valence-corrected chi connectivity index (χ3v) is 3.04. The summed E-state index contributed by atoms with van der Waals surface area (Å²) in [6.45, 7) is 4.18. The molecule has 0 heterocycles. The minimum atomic E-state index is -0.390. The van der Waals surface area contributed by atoms with Crippen molar-refractivity contribution in [1.82, 2.24) is 0 Å². The highest BCUT2D eigenvalue weighted by molar-refractivity contribution is 6.17. The van der Waals surface area contributed by atoms with E-state index in [0.29, 0.717) is 31.1 Å². The normalized spacial score (nSPS) is 10.2. The van der Waals surface area contributed by atoms with E-state index in [1.165, 1.54) is 0 Å². The van der Waals surface area contributed by atoms with E-state index in [-0.39, 0.29) is 12.4 Å². The zero-order valence-electron chi connectivity index (χ0n) is 11.8. The second kappa shape index (κ2) is 8.59. The van der Waals surface area contributed by atoms with Gasteiger partial charge in [-0.25, -0.2) is 4.79 Å². The van der Waals surface area contributed by atoms with Gasteiger partial charge in [0.15, 0.2) is 0 Å². The van der Waals surface area contributed by atoms with E-state index in [4.69, 9.17) is 21.1 Å². The van der Waals surface area contributed by atoms with Crippen LogP contribution in [-0.4, -0.2) is 25.2 Å². The van der Waals surface area contributed by atoms with Crippen LogP contribution in [0, 0.1) is 0 Å². The van der Waals surface area contributed by atoms with Crippen LogP contribution in [0.5, 0.6) is 0 Å². The standard InChI is InChI=1S/C15H19ClO4/c1-3-19-14(17)8-7-12-6-5-11(10-16)9-13(12)15(18)20-4-2/h5-6,9H,3-4,7-8,10H2,1-2H3. The molecule has 110 valence electrons. The third kappa shape index (κ3) is 4.85. The molecule has 0 saturated heterocycles. The van der Waals surface area contributed by atoms with E-state index >= 15 is 0 Å². The Morgan fingerprint density at radius 1 is 1.15 bits per heavy atom. The molecule has 0 N–H and O–H groups in total. The maximum atomic E-state index is 11.9.